The van der Waals surface area contributed by atoms with Crippen molar-refractivity contribution < 1.29 is 28.7 Å². The van der Waals surface area contributed by atoms with Crippen molar-refractivity contribution >= 4 is 40.7 Å². The van der Waals surface area contributed by atoms with Gasteiger partial charge in [0.05, 0.1) is 25.0 Å². The van der Waals surface area contributed by atoms with E-state index in [1.807, 2.05) is 31.4 Å². The lowest BCUT2D eigenvalue weighted by atomic mass is 9.93. The standard InChI is InChI=1S/C38H43N5O6S/c1-6-12-40-37(46)30-8-7-25(33(42-30)38(47)48-5)26-19-31-28(34-24(10-14-49-31)11-15-50-34)18-27(26)36(45)43-32-22(4)16-23(20-39)17-29(32)35(44)41-13-9-21(2)3/h7-8,11,15-19,21H,6,9-10,12-14,20,39H2,1-5H3,(H,40,46)(H,41,44)(H,43,45). The smallest absolute Gasteiger partial charge is 0.357 e. The van der Waals surface area contributed by atoms with Crippen LogP contribution < -0.4 is 26.4 Å². The molecule has 11 nitrogen and oxygen atoms in total. The maximum absolute atomic E-state index is 14.6. The highest BCUT2D eigenvalue weighted by Gasteiger charge is 2.28. The van der Waals surface area contributed by atoms with E-state index in [1.165, 1.54) is 13.2 Å². The average Bonchev–Trinajstić information content (AvgIpc) is 3.51. The summed E-state index contributed by atoms with van der Waals surface area (Å²) in [4.78, 5) is 59.5. The molecule has 50 heavy (non-hydrogen) atoms. The number of amides is 3. The summed E-state index contributed by atoms with van der Waals surface area (Å²) < 4.78 is 11.3. The Labute approximate surface area is 296 Å². The topological polar surface area (TPSA) is 162 Å². The molecule has 0 saturated heterocycles. The molecule has 5 rings (SSSR count). The lowest BCUT2D eigenvalue weighted by molar-refractivity contribution is 0.0594. The van der Waals surface area contributed by atoms with Crippen LogP contribution in [0.15, 0.2) is 47.8 Å². The number of nitrogens with zero attached hydrogens (tertiary/aromatic N) is 1. The van der Waals surface area contributed by atoms with Crippen LogP contribution in [-0.4, -0.2) is 55.5 Å². The molecule has 1 aliphatic heterocycles. The minimum Gasteiger partial charge on any atom is -0.493 e. The Hall–Kier alpha value is -5.07. The van der Waals surface area contributed by atoms with Gasteiger partial charge >= 0.3 is 5.97 Å². The minimum absolute atomic E-state index is 0.0339. The van der Waals surface area contributed by atoms with Gasteiger partial charge in [-0.05, 0) is 84.2 Å². The van der Waals surface area contributed by atoms with Crippen molar-refractivity contribution in [1.82, 2.24) is 15.6 Å². The number of nitrogens with one attached hydrogen (secondary N) is 3. The zero-order valence-electron chi connectivity index (χ0n) is 29.0. The molecule has 0 radical (unpaired) electrons. The second-order valence-corrected chi connectivity index (χ2v) is 13.5. The molecule has 0 spiro atoms. The van der Waals surface area contributed by atoms with E-state index in [0.717, 1.165) is 34.4 Å². The molecule has 0 fully saturated rings. The Morgan fingerprint density at radius 1 is 0.960 bits per heavy atom. The van der Waals surface area contributed by atoms with Crippen molar-refractivity contribution in [2.75, 3.05) is 32.1 Å². The number of hydrogen-bond donors (Lipinski definition) is 4. The van der Waals surface area contributed by atoms with Crippen LogP contribution in [0, 0.1) is 12.8 Å². The average molecular weight is 698 g/mol. The number of nitrogens with two attached hydrogens (primary N) is 1. The van der Waals surface area contributed by atoms with Gasteiger partial charge < -0.3 is 31.2 Å². The van der Waals surface area contributed by atoms with Gasteiger partial charge in [-0.1, -0.05) is 26.8 Å². The number of hydrogen-bond acceptors (Lipinski definition) is 9. The van der Waals surface area contributed by atoms with Gasteiger partial charge in [-0.15, -0.1) is 11.3 Å². The lowest BCUT2D eigenvalue weighted by Gasteiger charge is -2.19. The summed E-state index contributed by atoms with van der Waals surface area (Å²) in [6, 6.07) is 12.1. The molecule has 3 heterocycles. The van der Waals surface area contributed by atoms with Crippen LogP contribution in [0.4, 0.5) is 5.69 Å². The van der Waals surface area contributed by atoms with Crippen LogP contribution in [0.5, 0.6) is 5.75 Å². The zero-order chi connectivity index (χ0) is 35.9. The third-order valence-electron chi connectivity index (χ3n) is 8.44. The summed E-state index contributed by atoms with van der Waals surface area (Å²) in [6.07, 6.45) is 2.20. The predicted molar refractivity (Wildman–Crippen MR) is 195 cm³/mol. The number of benzene rings is 2. The Bertz CT molecular complexity index is 1930. The van der Waals surface area contributed by atoms with Crippen molar-refractivity contribution in [1.29, 1.82) is 0 Å². The molecule has 4 aromatic rings. The molecule has 0 saturated carbocycles. The fraction of sp³-hybridized carbons (Fsp3) is 0.342. The second-order valence-electron chi connectivity index (χ2n) is 12.5. The number of carbonyl (C=O) groups excluding carboxylic acids is 4. The SMILES string of the molecule is CCCNC(=O)c1ccc(-c2cc3c(cc2C(=O)Nc2c(C)cc(CN)cc2C(=O)NCCC(C)C)-c2sccc2CCO3)c(C(=O)OC)n1. The summed E-state index contributed by atoms with van der Waals surface area (Å²) in [7, 11) is 1.23. The molecule has 3 amide bonds. The van der Waals surface area contributed by atoms with Crippen molar-refractivity contribution in [2.24, 2.45) is 11.7 Å². The number of fused-ring (bicyclic) bond motifs is 3. The fourth-order valence-corrected chi connectivity index (χ4v) is 6.76. The number of esters is 1. The van der Waals surface area contributed by atoms with Gasteiger partial charge in [0.1, 0.15) is 11.4 Å². The number of methoxy groups -OCH3 is 1. The molecule has 12 heteroatoms. The normalized spacial score (nSPS) is 11.9. The first-order chi connectivity index (χ1) is 24.1. The van der Waals surface area contributed by atoms with Gasteiger partial charge in [-0.3, -0.25) is 14.4 Å². The van der Waals surface area contributed by atoms with E-state index in [2.05, 4.69) is 34.8 Å². The highest BCUT2D eigenvalue weighted by molar-refractivity contribution is 7.13. The number of rotatable bonds is 12. The summed E-state index contributed by atoms with van der Waals surface area (Å²) in [6.45, 7) is 9.45. The van der Waals surface area contributed by atoms with Crippen LogP contribution >= 0.6 is 11.3 Å². The van der Waals surface area contributed by atoms with Crippen LogP contribution in [0.25, 0.3) is 21.6 Å². The summed E-state index contributed by atoms with van der Waals surface area (Å²) in [5.74, 6) is -1.13. The molecule has 0 unspecified atom stereocenters. The first-order valence-electron chi connectivity index (χ1n) is 16.7. The van der Waals surface area contributed by atoms with E-state index in [0.29, 0.717) is 60.2 Å². The number of aromatic nitrogens is 1. The molecule has 0 atom stereocenters. The third-order valence-corrected chi connectivity index (χ3v) is 9.43. The number of aryl methyl sites for hydroxylation is 1. The highest BCUT2D eigenvalue weighted by atomic mass is 32.1. The molecule has 0 bridgehead atoms. The molecule has 1 aliphatic rings. The number of thiophene rings is 1. The van der Waals surface area contributed by atoms with Crippen molar-refractivity contribution in [2.45, 2.75) is 53.5 Å². The number of pyridine rings is 1. The zero-order valence-corrected chi connectivity index (χ0v) is 29.8. The van der Waals surface area contributed by atoms with E-state index in [-0.39, 0.29) is 35.0 Å². The van der Waals surface area contributed by atoms with Crippen molar-refractivity contribution in [3.63, 3.8) is 0 Å². The van der Waals surface area contributed by atoms with E-state index >= 15 is 0 Å². The number of anilines is 1. The molecule has 262 valence electrons. The molecular formula is C38H43N5O6S. The minimum atomic E-state index is -0.776. The van der Waals surface area contributed by atoms with Gasteiger partial charge in [-0.2, -0.15) is 0 Å². The monoisotopic (exact) mass is 697 g/mol. The van der Waals surface area contributed by atoms with Gasteiger partial charge in [0.25, 0.3) is 17.7 Å². The largest absolute Gasteiger partial charge is 0.493 e. The molecule has 5 N–H and O–H groups in total. The highest BCUT2D eigenvalue weighted by Crippen LogP contribution is 2.43. The van der Waals surface area contributed by atoms with Crippen molar-refractivity contribution in [3.8, 4) is 27.3 Å². The van der Waals surface area contributed by atoms with E-state index < -0.39 is 17.8 Å². The maximum atomic E-state index is 14.6. The van der Waals surface area contributed by atoms with Crippen LogP contribution in [0.1, 0.15) is 92.0 Å². The van der Waals surface area contributed by atoms with E-state index in [1.54, 1.807) is 35.6 Å². The summed E-state index contributed by atoms with van der Waals surface area (Å²) in [5, 5.41) is 10.8. The Morgan fingerprint density at radius 2 is 1.74 bits per heavy atom. The predicted octanol–water partition coefficient (Wildman–Crippen LogP) is 6.13. The van der Waals surface area contributed by atoms with Gasteiger partial charge in [0.15, 0.2) is 5.69 Å². The van der Waals surface area contributed by atoms with Crippen LogP contribution in [-0.2, 0) is 17.7 Å². The first kappa shape index (κ1) is 36.2. The van der Waals surface area contributed by atoms with Gasteiger partial charge in [0, 0.05) is 53.2 Å². The first-order valence-corrected chi connectivity index (χ1v) is 17.6. The molecule has 2 aromatic carbocycles. The number of ether oxygens (including phenoxy) is 2. The second kappa shape index (κ2) is 16.1. The molecule has 2 aromatic heterocycles. The van der Waals surface area contributed by atoms with Crippen molar-refractivity contribution in [3.05, 3.63) is 87.0 Å². The summed E-state index contributed by atoms with van der Waals surface area (Å²) in [5.41, 5.74) is 10.6. The Morgan fingerprint density at radius 3 is 2.46 bits per heavy atom. The van der Waals surface area contributed by atoms with Gasteiger partial charge in [-0.25, -0.2) is 9.78 Å². The fourth-order valence-electron chi connectivity index (χ4n) is 5.79. The summed E-state index contributed by atoms with van der Waals surface area (Å²) >= 11 is 1.55. The van der Waals surface area contributed by atoms with E-state index in [4.69, 9.17) is 15.2 Å². The Kier molecular flexibility index (Phi) is 11.7. The quantitative estimate of drug-likeness (QED) is 0.129. The maximum Gasteiger partial charge on any atom is 0.357 e. The van der Waals surface area contributed by atoms with Crippen LogP contribution in [0.3, 0.4) is 0 Å². The van der Waals surface area contributed by atoms with Gasteiger partial charge in [0.2, 0.25) is 0 Å². The Balaban J connectivity index is 1.67. The molecule has 0 aliphatic carbocycles. The lowest BCUT2D eigenvalue weighted by Crippen LogP contribution is -2.28. The molecular weight excluding hydrogens is 655 g/mol. The van der Waals surface area contributed by atoms with Crippen LogP contribution in [0.2, 0.25) is 0 Å². The number of carbonyl (C=O) groups is 4. The van der Waals surface area contributed by atoms with E-state index in [9.17, 15) is 19.2 Å². The third kappa shape index (κ3) is 7.87.